The van der Waals surface area contributed by atoms with Crippen LogP contribution in [0.15, 0.2) is 42.5 Å². The molecular weight excluding hydrogens is 308 g/mol. The standard InChI is InChI=1S/C19H20O5/c1-12-5-7-14(8-6-12)18(20)13(2)24-19(21)16-10-9-15(22-3)11-17(16)23-4/h5-11,13H,1-4H3/t13-/m0/s1. The van der Waals surface area contributed by atoms with Gasteiger partial charge in [-0.05, 0) is 26.0 Å². The fraction of sp³-hybridized carbons (Fsp3) is 0.263. The molecule has 2 rings (SSSR count). The first-order valence-electron chi connectivity index (χ1n) is 7.50. The Kier molecular flexibility index (Phi) is 5.58. The van der Waals surface area contributed by atoms with Crippen molar-refractivity contribution in [1.29, 1.82) is 0 Å². The molecule has 0 N–H and O–H groups in total. The van der Waals surface area contributed by atoms with E-state index in [-0.39, 0.29) is 11.3 Å². The molecule has 5 heteroatoms. The number of ketones is 1. The van der Waals surface area contributed by atoms with Gasteiger partial charge in [-0.3, -0.25) is 4.79 Å². The van der Waals surface area contributed by atoms with Crippen LogP contribution in [0.3, 0.4) is 0 Å². The van der Waals surface area contributed by atoms with Crippen molar-refractivity contribution in [3.05, 3.63) is 59.2 Å². The van der Waals surface area contributed by atoms with E-state index >= 15 is 0 Å². The minimum absolute atomic E-state index is 0.238. The third kappa shape index (κ3) is 3.93. The fourth-order valence-electron chi connectivity index (χ4n) is 2.20. The zero-order chi connectivity index (χ0) is 17.7. The first kappa shape index (κ1) is 17.5. The van der Waals surface area contributed by atoms with Gasteiger partial charge in [0.05, 0.1) is 14.2 Å². The van der Waals surface area contributed by atoms with Crippen molar-refractivity contribution in [3.8, 4) is 11.5 Å². The summed E-state index contributed by atoms with van der Waals surface area (Å²) >= 11 is 0. The number of hydrogen-bond acceptors (Lipinski definition) is 5. The summed E-state index contributed by atoms with van der Waals surface area (Å²) in [6.07, 6.45) is -0.896. The van der Waals surface area contributed by atoms with Gasteiger partial charge in [-0.15, -0.1) is 0 Å². The van der Waals surface area contributed by atoms with Gasteiger partial charge in [0.2, 0.25) is 5.78 Å². The molecule has 0 bridgehead atoms. The minimum atomic E-state index is -0.896. The zero-order valence-electron chi connectivity index (χ0n) is 14.2. The van der Waals surface area contributed by atoms with Crippen molar-refractivity contribution in [1.82, 2.24) is 0 Å². The molecule has 0 aliphatic carbocycles. The summed E-state index contributed by atoms with van der Waals surface area (Å²) in [5.41, 5.74) is 1.80. The summed E-state index contributed by atoms with van der Waals surface area (Å²) in [6.45, 7) is 3.49. The molecule has 0 aromatic heterocycles. The van der Waals surface area contributed by atoms with Crippen LogP contribution in [-0.2, 0) is 4.74 Å². The quantitative estimate of drug-likeness (QED) is 0.600. The molecule has 0 heterocycles. The predicted octanol–water partition coefficient (Wildman–Crippen LogP) is 3.44. The highest BCUT2D eigenvalue weighted by Crippen LogP contribution is 2.25. The molecule has 1 atom stereocenters. The molecule has 0 unspecified atom stereocenters. The van der Waals surface area contributed by atoms with Crippen LogP contribution < -0.4 is 9.47 Å². The summed E-state index contributed by atoms with van der Waals surface area (Å²) in [5.74, 6) is 0.0137. The number of hydrogen-bond donors (Lipinski definition) is 0. The van der Waals surface area contributed by atoms with Crippen molar-refractivity contribution >= 4 is 11.8 Å². The zero-order valence-corrected chi connectivity index (χ0v) is 14.2. The summed E-state index contributed by atoms with van der Waals surface area (Å²) in [6, 6.07) is 11.9. The predicted molar refractivity (Wildman–Crippen MR) is 89.9 cm³/mol. The molecule has 0 aliphatic heterocycles. The number of benzene rings is 2. The third-order valence-electron chi connectivity index (χ3n) is 3.62. The highest BCUT2D eigenvalue weighted by atomic mass is 16.5. The Morgan fingerprint density at radius 3 is 2.21 bits per heavy atom. The first-order valence-corrected chi connectivity index (χ1v) is 7.50. The third-order valence-corrected chi connectivity index (χ3v) is 3.62. The molecular formula is C19H20O5. The molecule has 126 valence electrons. The summed E-state index contributed by atoms with van der Waals surface area (Å²) < 4.78 is 15.6. The molecule has 0 amide bonds. The Hall–Kier alpha value is -2.82. The van der Waals surface area contributed by atoms with Gasteiger partial charge in [0.1, 0.15) is 17.1 Å². The summed E-state index contributed by atoms with van der Waals surface area (Å²) in [4.78, 5) is 24.7. The number of methoxy groups -OCH3 is 2. The van der Waals surface area contributed by atoms with Crippen LogP contribution in [0.4, 0.5) is 0 Å². The van der Waals surface area contributed by atoms with Crippen LogP contribution >= 0.6 is 0 Å². The number of rotatable bonds is 6. The van der Waals surface area contributed by atoms with E-state index in [0.29, 0.717) is 17.1 Å². The first-order chi connectivity index (χ1) is 11.5. The van der Waals surface area contributed by atoms with Gasteiger partial charge in [0, 0.05) is 11.6 Å². The lowest BCUT2D eigenvalue weighted by Gasteiger charge is -2.14. The van der Waals surface area contributed by atoms with E-state index in [1.54, 1.807) is 37.3 Å². The summed E-state index contributed by atoms with van der Waals surface area (Å²) in [7, 11) is 2.97. The average Bonchev–Trinajstić information content (AvgIpc) is 2.60. The molecule has 2 aromatic rings. The minimum Gasteiger partial charge on any atom is -0.497 e. The largest absolute Gasteiger partial charge is 0.497 e. The smallest absolute Gasteiger partial charge is 0.342 e. The van der Waals surface area contributed by atoms with Crippen molar-refractivity contribution in [2.24, 2.45) is 0 Å². The van der Waals surface area contributed by atoms with E-state index in [1.165, 1.54) is 14.2 Å². The molecule has 5 nitrogen and oxygen atoms in total. The van der Waals surface area contributed by atoms with E-state index in [9.17, 15) is 9.59 Å². The van der Waals surface area contributed by atoms with Crippen LogP contribution in [0.5, 0.6) is 11.5 Å². The number of esters is 1. The highest BCUT2D eigenvalue weighted by Gasteiger charge is 2.22. The highest BCUT2D eigenvalue weighted by molar-refractivity contribution is 6.01. The van der Waals surface area contributed by atoms with E-state index in [4.69, 9.17) is 14.2 Å². The lowest BCUT2D eigenvalue weighted by Crippen LogP contribution is -2.24. The van der Waals surface area contributed by atoms with Crippen LogP contribution in [0, 0.1) is 6.92 Å². The van der Waals surface area contributed by atoms with Gasteiger partial charge in [-0.2, -0.15) is 0 Å². The van der Waals surface area contributed by atoms with Crippen LogP contribution in [0.1, 0.15) is 33.2 Å². The Labute approximate surface area is 141 Å². The monoisotopic (exact) mass is 328 g/mol. The number of aryl methyl sites for hydroxylation is 1. The Bertz CT molecular complexity index is 734. The van der Waals surface area contributed by atoms with E-state index < -0.39 is 12.1 Å². The van der Waals surface area contributed by atoms with E-state index in [2.05, 4.69) is 0 Å². The lowest BCUT2D eigenvalue weighted by atomic mass is 10.1. The normalized spacial score (nSPS) is 11.5. The number of ether oxygens (including phenoxy) is 3. The molecule has 0 fully saturated rings. The van der Waals surface area contributed by atoms with E-state index in [0.717, 1.165) is 5.56 Å². The summed E-state index contributed by atoms with van der Waals surface area (Å²) in [5, 5.41) is 0. The molecule has 2 aromatic carbocycles. The van der Waals surface area contributed by atoms with Crippen LogP contribution in [0.2, 0.25) is 0 Å². The second kappa shape index (κ2) is 7.64. The Morgan fingerprint density at radius 2 is 1.62 bits per heavy atom. The van der Waals surface area contributed by atoms with E-state index in [1.807, 2.05) is 19.1 Å². The number of carbonyl (C=O) groups is 2. The van der Waals surface area contributed by atoms with Crippen molar-refractivity contribution in [3.63, 3.8) is 0 Å². The second-order valence-electron chi connectivity index (χ2n) is 5.34. The average molecular weight is 328 g/mol. The fourth-order valence-corrected chi connectivity index (χ4v) is 2.20. The van der Waals surface area contributed by atoms with Crippen molar-refractivity contribution in [2.45, 2.75) is 20.0 Å². The molecule has 24 heavy (non-hydrogen) atoms. The molecule has 0 saturated carbocycles. The van der Waals surface area contributed by atoms with Gasteiger partial charge in [-0.25, -0.2) is 4.79 Å². The van der Waals surface area contributed by atoms with Crippen molar-refractivity contribution < 1.29 is 23.8 Å². The molecule has 0 radical (unpaired) electrons. The number of carbonyl (C=O) groups excluding carboxylic acids is 2. The molecule has 0 aliphatic rings. The maximum Gasteiger partial charge on any atom is 0.342 e. The van der Waals surface area contributed by atoms with Gasteiger partial charge in [0.25, 0.3) is 0 Å². The van der Waals surface area contributed by atoms with Gasteiger partial charge in [0.15, 0.2) is 6.10 Å². The van der Waals surface area contributed by atoms with Crippen LogP contribution in [-0.4, -0.2) is 32.1 Å². The van der Waals surface area contributed by atoms with Gasteiger partial charge >= 0.3 is 5.97 Å². The maximum atomic E-state index is 12.3. The SMILES string of the molecule is COc1ccc(C(=O)O[C@@H](C)C(=O)c2ccc(C)cc2)c(OC)c1. The second-order valence-corrected chi connectivity index (χ2v) is 5.34. The topological polar surface area (TPSA) is 61.8 Å². The molecule has 0 spiro atoms. The maximum absolute atomic E-state index is 12.3. The van der Waals surface area contributed by atoms with Gasteiger partial charge in [-0.1, -0.05) is 29.8 Å². The van der Waals surface area contributed by atoms with Crippen molar-refractivity contribution in [2.75, 3.05) is 14.2 Å². The van der Waals surface area contributed by atoms with Crippen LogP contribution in [0.25, 0.3) is 0 Å². The Balaban J connectivity index is 2.14. The Morgan fingerprint density at radius 1 is 0.958 bits per heavy atom. The lowest BCUT2D eigenvalue weighted by molar-refractivity contribution is 0.0316. The van der Waals surface area contributed by atoms with Gasteiger partial charge < -0.3 is 14.2 Å². The molecule has 0 saturated heterocycles. The number of Topliss-reactive ketones (excluding diaryl/α,β-unsaturated/α-hetero) is 1.